The van der Waals surface area contributed by atoms with E-state index < -0.39 is 5.97 Å². The molecule has 0 fully saturated rings. The van der Waals surface area contributed by atoms with Crippen molar-refractivity contribution < 1.29 is 9.90 Å². The van der Waals surface area contributed by atoms with Crippen LogP contribution in [0, 0.1) is 0 Å². The second-order valence-electron chi connectivity index (χ2n) is 3.85. The summed E-state index contributed by atoms with van der Waals surface area (Å²) in [4.78, 5) is 10.8. The number of rotatable bonds is 3. The first-order valence-corrected chi connectivity index (χ1v) is 6.08. The Kier molecular flexibility index (Phi) is 3.90. The third-order valence-electron chi connectivity index (χ3n) is 2.58. The fourth-order valence-electron chi connectivity index (χ4n) is 1.80. The molecule has 2 nitrogen and oxygen atoms in total. The maximum atomic E-state index is 10.8. The van der Waals surface area contributed by atoms with Gasteiger partial charge in [-0.15, -0.1) is 0 Å². The van der Waals surface area contributed by atoms with Crippen molar-refractivity contribution in [3.8, 4) is 11.1 Å². The average Bonchev–Trinajstić information content (AvgIpc) is 2.32. The van der Waals surface area contributed by atoms with Crippen molar-refractivity contribution >= 4 is 29.2 Å². The predicted molar refractivity (Wildman–Crippen MR) is 73.2 cm³/mol. The molecule has 2 rings (SSSR count). The standard InChI is InChI=1S/C14H10Cl2O2/c15-10-5-6-13(16)12(8-10)11-4-2-1-3-9(11)7-14(17)18/h1-6,8H,7H2,(H,17,18). The molecule has 1 N–H and O–H groups in total. The maximum Gasteiger partial charge on any atom is 0.307 e. The molecule has 2 aromatic carbocycles. The summed E-state index contributed by atoms with van der Waals surface area (Å²) in [6.45, 7) is 0. The first-order chi connectivity index (χ1) is 8.58. The number of hydrogen-bond donors (Lipinski definition) is 1. The lowest BCUT2D eigenvalue weighted by atomic mass is 9.98. The molecule has 0 aliphatic heterocycles. The summed E-state index contributed by atoms with van der Waals surface area (Å²) < 4.78 is 0. The molecular weight excluding hydrogens is 271 g/mol. The van der Waals surface area contributed by atoms with Crippen molar-refractivity contribution in [3.05, 3.63) is 58.1 Å². The Balaban J connectivity index is 2.56. The van der Waals surface area contributed by atoms with Crippen molar-refractivity contribution in [2.45, 2.75) is 6.42 Å². The first kappa shape index (κ1) is 12.9. The zero-order valence-electron chi connectivity index (χ0n) is 9.36. The van der Waals surface area contributed by atoms with Gasteiger partial charge in [-0.05, 0) is 29.3 Å². The minimum Gasteiger partial charge on any atom is -0.481 e. The van der Waals surface area contributed by atoms with Gasteiger partial charge in [0.1, 0.15) is 0 Å². The molecule has 0 aliphatic carbocycles. The summed E-state index contributed by atoms with van der Waals surface area (Å²) in [7, 11) is 0. The lowest BCUT2D eigenvalue weighted by Gasteiger charge is -2.10. The van der Waals surface area contributed by atoms with Crippen molar-refractivity contribution in [1.29, 1.82) is 0 Å². The monoisotopic (exact) mass is 280 g/mol. The number of carboxylic acid groups (broad SMARTS) is 1. The minimum absolute atomic E-state index is 0.0426. The Bertz CT molecular complexity index is 594. The van der Waals surface area contributed by atoms with E-state index in [1.807, 2.05) is 12.1 Å². The van der Waals surface area contributed by atoms with Crippen LogP contribution in [0.4, 0.5) is 0 Å². The van der Waals surface area contributed by atoms with E-state index in [9.17, 15) is 4.79 Å². The van der Waals surface area contributed by atoms with E-state index in [-0.39, 0.29) is 6.42 Å². The molecular formula is C14H10Cl2O2. The fourth-order valence-corrected chi connectivity index (χ4v) is 2.20. The van der Waals surface area contributed by atoms with Crippen LogP contribution in [0.15, 0.2) is 42.5 Å². The lowest BCUT2D eigenvalue weighted by Crippen LogP contribution is -2.01. The largest absolute Gasteiger partial charge is 0.481 e. The molecule has 0 saturated heterocycles. The molecule has 0 spiro atoms. The molecule has 0 atom stereocenters. The van der Waals surface area contributed by atoms with Gasteiger partial charge in [0.25, 0.3) is 0 Å². The van der Waals surface area contributed by atoms with Gasteiger partial charge < -0.3 is 5.11 Å². The molecule has 0 amide bonds. The minimum atomic E-state index is -0.874. The second kappa shape index (κ2) is 5.42. The van der Waals surface area contributed by atoms with Crippen LogP contribution in [0.1, 0.15) is 5.56 Å². The second-order valence-corrected chi connectivity index (χ2v) is 4.70. The van der Waals surface area contributed by atoms with Gasteiger partial charge in [-0.25, -0.2) is 0 Å². The van der Waals surface area contributed by atoms with Crippen LogP contribution in [-0.4, -0.2) is 11.1 Å². The van der Waals surface area contributed by atoms with Crippen LogP contribution < -0.4 is 0 Å². The maximum absolute atomic E-state index is 10.8. The zero-order valence-corrected chi connectivity index (χ0v) is 10.9. The van der Waals surface area contributed by atoms with Crippen LogP contribution in [0.3, 0.4) is 0 Å². The molecule has 2 aromatic rings. The van der Waals surface area contributed by atoms with E-state index in [0.717, 1.165) is 11.1 Å². The molecule has 4 heteroatoms. The van der Waals surface area contributed by atoms with Crippen LogP contribution in [-0.2, 0) is 11.2 Å². The summed E-state index contributed by atoms with van der Waals surface area (Å²) in [5, 5.41) is 10.0. The van der Waals surface area contributed by atoms with E-state index in [0.29, 0.717) is 15.6 Å². The van der Waals surface area contributed by atoms with E-state index in [1.54, 1.807) is 30.3 Å². The van der Waals surface area contributed by atoms with Gasteiger partial charge in [0.2, 0.25) is 0 Å². The van der Waals surface area contributed by atoms with Crippen LogP contribution in [0.25, 0.3) is 11.1 Å². The van der Waals surface area contributed by atoms with Gasteiger partial charge in [-0.1, -0.05) is 47.5 Å². The van der Waals surface area contributed by atoms with Gasteiger partial charge in [0, 0.05) is 15.6 Å². The van der Waals surface area contributed by atoms with Crippen molar-refractivity contribution in [1.82, 2.24) is 0 Å². The van der Waals surface area contributed by atoms with Crippen molar-refractivity contribution in [3.63, 3.8) is 0 Å². The predicted octanol–water partition coefficient (Wildman–Crippen LogP) is 4.29. The highest BCUT2D eigenvalue weighted by Crippen LogP contribution is 2.32. The van der Waals surface area contributed by atoms with Crippen LogP contribution in [0.2, 0.25) is 10.0 Å². The van der Waals surface area contributed by atoms with Gasteiger partial charge in [-0.2, -0.15) is 0 Å². The van der Waals surface area contributed by atoms with Crippen molar-refractivity contribution in [2.75, 3.05) is 0 Å². The number of carboxylic acids is 1. The SMILES string of the molecule is O=C(O)Cc1ccccc1-c1cc(Cl)ccc1Cl. The number of carbonyl (C=O) groups is 1. The number of hydrogen-bond acceptors (Lipinski definition) is 1. The Labute approximate surface area is 115 Å². The molecule has 0 aromatic heterocycles. The summed E-state index contributed by atoms with van der Waals surface area (Å²) in [5.41, 5.74) is 2.27. The quantitative estimate of drug-likeness (QED) is 0.911. The van der Waals surface area contributed by atoms with Gasteiger partial charge in [0.05, 0.1) is 6.42 Å². The van der Waals surface area contributed by atoms with Gasteiger partial charge >= 0.3 is 5.97 Å². The summed E-state index contributed by atoms with van der Waals surface area (Å²) in [6, 6.07) is 12.4. The van der Waals surface area contributed by atoms with E-state index >= 15 is 0 Å². The molecule has 0 unspecified atom stereocenters. The highest BCUT2D eigenvalue weighted by molar-refractivity contribution is 6.35. The fraction of sp³-hybridized carbons (Fsp3) is 0.0714. The lowest BCUT2D eigenvalue weighted by molar-refractivity contribution is -0.136. The number of halogens is 2. The highest BCUT2D eigenvalue weighted by atomic mass is 35.5. The normalized spacial score (nSPS) is 10.3. The number of aliphatic carboxylic acids is 1. The average molecular weight is 281 g/mol. The van der Waals surface area contributed by atoms with E-state index in [2.05, 4.69) is 0 Å². The van der Waals surface area contributed by atoms with E-state index in [1.165, 1.54) is 0 Å². The zero-order chi connectivity index (χ0) is 13.1. The smallest absolute Gasteiger partial charge is 0.307 e. The molecule has 0 bridgehead atoms. The molecule has 0 radical (unpaired) electrons. The van der Waals surface area contributed by atoms with Crippen LogP contribution >= 0.6 is 23.2 Å². The number of benzene rings is 2. The summed E-state index contributed by atoms with van der Waals surface area (Å²) in [6.07, 6.45) is -0.0426. The molecule has 92 valence electrons. The molecule has 0 saturated carbocycles. The van der Waals surface area contributed by atoms with Gasteiger partial charge in [-0.3, -0.25) is 4.79 Å². The Morgan fingerprint density at radius 1 is 1.06 bits per heavy atom. The Morgan fingerprint density at radius 2 is 1.78 bits per heavy atom. The highest BCUT2D eigenvalue weighted by Gasteiger charge is 2.11. The molecule has 18 heavy (non-hydrogen) atoms. The topological polar surface area (TPSA) is 37.3 Å². The van der Waals surface area contributed by atoms with E-state index in [4.69, 9.17) is 28.3 Å². The van der Waals surface area contributed by atoms with Gasteiger partial charge in [0.15, 0.2) is 0 Å². The first-order valence-electron chi connectivity index (χ1n) is 5.33. The third-order valence-corrected chi connectivity index (χ3v) is 3.14. The summed E-state index contributed by atoms with van der Waals surface area (Å²) >= 11 is 12.1. The van der Waals surface area contributed by atoms with Crippen LogP contribution in [0.5, 0.6) is 0 Å². The Morgan fingerprint density at radius 3 is 2.50 bits per heavy atom. The Hall–Kier alpha value is -1.51. The third kappa shape index (κ3) is 2.84. The molecule has 0 aliphatic rings. The molecule has 0 heterocycles. The summed E-state index contributed by atoms with van der Waals surface area (Å²) in [5.74, 6) is -0.874. The van der Waals surface area contributed by atoms with Crippen molar-refractivity contribution in [2.24, 2.45) is 0 Å².